The molecule has 8 heteroatoms. The Kier molecular flexibility index (Phi) is 6.48. The zero-order chi connectivity index (χ0) is 21.7. The highest BCUT2D eigenvalue weighted by Crippen LogP contribution is 2.30. The lowest BCUT2D eigenvalue weighted by molar-refractivity contribution is -0.129. The Bertz CT molecular complexity index is 986. The smallest absolute Gasteiger partial charge is 0.338 e. The van der Waals surface area contributed by atoms with Crippen LogP contribution in [0.25, 0.3) is 6.08 Å². The van der Waals surface area contributed by atoms with E-state index >= 15 is 0 Å². The molecule has 2 aromatic rings. The molecule has 30 heavy (non-hydrogen) atoms. The number of anilines is 1. The fourth-order valence-electron chi connectivity index (χ4n) is 3.05. The summed E-state index contributed by atoms with van der Waals surface area (Å²) in [6.45, 7) is 0.162. The summed E-state index contributed by atoms with van der Waals surface area (Å²) in [7, 11) is 4.47. The number of para-hydroxylation sites is 1. The first-order valence-corrected chi connectivity index (χ1v) is 9.19. The maximum atomic E-state index is 13.2. The number of hydrogen-bond donors (Lipinski definition) is 0. The fraction of sp³-hybridized carbons (Fsp3) is 0.227. The third-order valence-electron chi connectivity index (χ3n) is 4.61. The van der Waals surface area contributed by atoms with Gasteiger partial charge in [0, 0.05) is 18.7 Å². The second kappa shape index (κ2) is 9.23. The molecule has 8 nitrogen and oxygen atoms in total. The Morgan fingerprint density at radius 3 is 2.27 bits per heavy atom. The molecule has 0 bridgehead atoms. The number of hydrogen-bond acceptors (Lipinski definition) is 6. The lowest BCUT2D eigenvalue weighted by Gasteiger charge is -2.33. The van der Waals surface area contributed by atoms with Gasteiger partial charge in [0.25, 0.3) is 11.8 Å². The van der Waals surface area contributed by atoms with E-state index in [4.69, 9.17) is 14.2 Å². The van der Waals surface area contributed by atoms with Gasteiger partial charge in [0.15, 0.2) is 0 Å². The van der Waals surface area contributed by atoms with Crippen molar-refractivity contribution in [2.24, 2.45) is 0 Å². The van der Waals surface area contributed by atoms with E-state index in [0.29, 0.717) is 22.7 Å². The molecule has 0 N–H and O–H groups in total. The van der Waals surface area contributed by atoms with E-state index in [1.165, 1.54) is 27.4 Å². The van der Waals surface area contributed by atoms with Crippen LogP contribution in [0, 0.1) is 0 Å². The average molecular weight is 410 g/mol. The van der Waals surface area contributed by atoms with E-state index in [1.54, 1.807) is 48.5 Å². The highest BCUT2D eigenvalue weighted by molar-refractivity contribution is 6.39. The molecule has 0 saturated carbocycles. The first-order valence-electron chi connectivity index (χ1n) is 9.19. The van der Waals surface area contributed by atoms with E-state index < -0.39 is 17.8 Å². The predicted molar refractivity (Wildman–Crippen MR) is 110 cm³/mol. The van der Waals surface area contributed by atoms with E-state index in [0.717, 1.165) is 9.80 Å². The lowest BCUT2D eigenvalue weighted by Crippen LogP contribution is -2.57. The van der Waals surface area contributed by atoms with Crippen molar-refractivity contribution in [3.05, 3.63) is 59.7 Å². The molecule has 4 amide bonds. The molecular weight excluding hydrogens is 388 g/mol. The molecule has 1 aliphatic heterocycles. The molecule has 1 aliphatic rings. The number of nitrogens with zero attached hydrogens (tertiary/aromatic N) is 2. The average Bonchev–Trinajstić information content (AvgIpc) is 2.77. The maximum Gasteiger partial charge on any atom is 0.338 e. The molecule has 1 fully saturated rings. The van der Waals surface area contributed by atoms with Crippen molar-refractivity contribution in [2.45, 2.75) is 0 Å². The summed E-state index contributed by atoms with van der Waals surface area (Å²) in [5, 5.41) is 0. The van der Waals surface area contributed by atoms with Crippen molar-refractivity contribution in [1.29, 1.82) is 0 Å². The summed E-state index contributed by atoms with van der Waals surface area (Å²) in [6, 6.07) is 12.7. The van der Waals surface area contributed by atoms with Crippen molar-refractivity contribution < 1.29 is 28.6 Å². The number of benzene rings is 2. The van der Waals surface area contributed by atoms with Crippen LogP contribution in [-0.4, -0.2) is 57.2 Å². The third-order valence-corrected chi connectivity index (χ3v) is 4.61. The lowest BCUT2D eigenvalue weighted by atomic mass is 10.0. The first kappa shape index (κ1) is 21.1. The van der Waals surface area contributed by atoms with Gasteiger partial charge in [0.2, 0.25) is 0 Å². The van der Waals surface area contributed by atoms with Gasteiger partial charge in [0.1, 0.15) is 17.1 Å². The molecule has 0 aliphatic carbocycles. The summed E-state index contributed by atoms with van der Waals surface area (Å²) in [5.41, 5.74) is 0.720. The molecule has 0 spiro atoms. The van der Waals surface area contributed by atoms with Crippen molar-refractivity contribution in [3.8, 4) is 11.5 Å². The van der Waals surface area contributed by atoms with Crippen LogP contribution in [0.15, 0.2) is 54.1 Å². The van der Waals surface area contributed by atoms with Gasteiger partial charge < -0.3 is 14.2 Å². The molecule has 0 atom stereocenters. The Hall–Kier alpha value is -3.65. The number of amides is 4. The van der Waals surface area contributed by atoms with Gasteiger partial charge in [-0.1, -0.05) is 18.2 Å². The molecule has 156 valence electrons. The van der Waals surface area contributed by atoms with Gasteiger partial charge in [-0.15, -0.1) is 0 Å². The number of ether oxygens (including phenoxy) is 3. The Morgan fingerprint density at radius 2 is 1.63 bits per heavy atom. The summed E-state index contributed by atoms with van der Waals surface area (Å²) < 4.78 is 15.6. The predicted octanol–water partition coefficient (Wildman–Crippen LogP) is 2.73. The van der Waals surface area contributed by atoms with Crippen molar-refractivity contribution >= 4 is 29.6 Å². The van der Waals surface area contributed by atoms with Gasteiger partial charge in [0.05, 0.1) is 33.1 Å². The molecule has 0 unspecified atom stereocenters. The second-order valence-electron chi connectivity index (χ2n) is 6.37. The number of barbiturate groups is 1. The molecule has 0 aromatic heterocycles. The van der Waals surface area contributed by atoms with Crippen LogP contribution in [-0.2, 0) is 14.3 Å². The van der Waals surface area contributed by atoms with Crippen LogP contribution in [0.5, 0.6) is 11.5 Å². The van der Waals surface area contributed by atoms with Crippen molar-refractivity contribution in [1.82, 2.24) is 4.90 Å². The van der Waals surface area contributed by atoms with Crippen LogP contribution in [0.3, 0.4) is 0 Å². The highest BCUT2D eigenvalue weighted by atomic mass is 16.5. The zero-order valence-corrected chi connectivity index (χ0v) is 17.0. The first-order chi connectivity index (χ1) is 14.5. The number of methoxy groups -OCH3 is 3. The maximum absolute atomic E-state index is 13.2. The molecule has 1 saturated heterocycles. The SMILES string of the molecule is COCCN1C(=O)/C(=C/c2ccc(OC)cc2OC)C(=O)N(c2ccccc2)C1=O. The second-order valence-corrected chi connectivity index (χ2v) is 6.37. The number of carbonyl (C=O) groups is 3. The standard InChI is InChI=1S/C22H22N2O6/c1-28-12-11-23-20(25)18(13-15-9-10-17(29-2)14-19(15)30-3)21(26)24(22(23)27)16-7-5-4-6-8-16/h4-10,13-14H,11-12H2,1-3H3/b18-13-. The normalized spacial score (nSPS) is 15.7. The highest BCUT2D eigenvalue weighted by Gasteiger charge is 2.42. The largest absolute Gasteiger partial charge is 0.497 e. The van der Waals surface area contributed by atoms with Crippen LogP contribution in [0.1, 0.15) is 5.56 Å². The van der Waals surface area contributed by atoms with E-state index in [-0.39, 0.29) is 18.7 Å². The van der Waals surface area contributed by atoms with E-state index in [9.17, 15) is 14.4 Å². The van der Waals surface area contributed by atoms with E-state index in [2.05, 4.69) is 0 Å². The topological polar surface area (TPSA) is 85.4 Å². The zero-order valence-electron chi connectivity index (χ0n) is 17.0. The van der Waals surface area contributed by atoms with Gasteiger partial charge in [-0.05, 0) is 30.3 Å². The minimum Gasteiger partial charge on any atom is -0.497 e. The monoisotopic (exact) mass is 410 g/mol. The Labute approximate surface area is 174 Å². The molecular formula is C22H22N2O6. The number of rotatable bonds is 7. The number of imide groups is 2. The molecule has 3 rings (SSSR count). The molecule has 1 heterocycles. The minimum atomic E-state index is -0.716. The van der Waals surface area contributed by atoms with Gasteiger partial charge in [-0.25, -0.2) is 9.69 Å². The number of carbonyl (C=O) groups excluding carboxylic acids is 3. The fourth-order valence-corrected chi connectivity index (χ4v) is 3.05. The van der Waals surface area contributed by atoms with Gasteiger partial charge >= 0.3 is 6.03 Å². The van der Waals surface area contributed by atoms with Crippen LogP contribution < -0.4 is 14.4 Å². The van der Waals surface area contributed by atoms with Crippen molar-refractivity contribution in [2.75, 3.05) is 39.4 Å². The Morgan fingerprint density at radius 1 is 0.900 bits per heavy atom. The summed E-state index contributed by atoms with van der Waals surface area (Å²) in [4.78, 5) is 41.1. The van der Waals surface area contributed by atoms with Gasteiger partial charge in [-0.2, -0.15) is 0 Å². The van der Waals surface area contributed by atoms with Crippen LogP contribution in [0.2, 0.25) is 0 Å². The van der Waals surface area contributed by atoms with Crippen LogP contribution >= 0.6 is 0 Å². The molecule has 0 radical (unpaired) electrons. The summed E-state index contributed by atoms with van der Waals surface area (Å²) in [6.07, 6.45) is 1.42. The van der Waals surface area contributed by atoms with Gasteiger partial charge in [-0.3, -0.25) is 14.5 Å². The summed E-state index contributed by atoms with van der Waals surface area (Å²) in [5.74, 6) is -0.401. The van der Waals surface area contributed by atoms with E-state index in [1.807, 2.05) is 0 Å². The quantitative estimate of drug-likeness (QED) is 0.515. The van der Waals surface area contributed by atoms with Crippen molar-refractivity contribution in [3.63, 3.8) is 0 Å². The molecule has 2 aromatic carbocycles. The van der Waals surface area contributed by atoms with Crippen LogP contribution in [0.4, 0.5) is 10.5 Å². The summed E-state index contributed by atoms with van der Waals surface area (Å²) >= 11 is 0. The Balaban J connectivity index is 2.10. The minimum absolute atomic E-state index is 0.0157. The number of urea groups is 1. The third kappa shape index (κ3) is 4.04.